The molecule has 22 heavy (non-hydrogen) atoms. The van der Waals surface area contributed by atoms with Gasteiger partial charge in [-0.2, -0.15) is 0 Å². The normalized spacial score (nSPS) is 39.1. The van der Waals surface area contributed by atoms with Gasteiger partial charge < -0.3 is 5.11 Å². The van der Waals surface area contributed by atoms with Gasteiger partial charge in [0.25, 0.3) is 0 Å². The second-order valence-electron chi connectivity index (χ2n) is 7.94. The molecule has 1 aromatic carbocycles. The molecule has 3 aliphatic rings. The van der Waals surface area contributed by atoms with Crippen LogP contribution >= 0.6 is 0 Å². The molecule has 0 radical (unpaired) electrons. The molecule has 0 aromatic heterocycles. The molecule has 0 spiro atoms. The van der Waals surface area contributed by atoms with Crippen LogP contribution in [-0.2, 0) is 6.42 Å². The molecule has 4 rings (SSSR count). The van der Waals surface area contributed by atoms with E-state index in [-0.39, 0.29) is 0 Å². The Hall–Kier alpha value is -0.980. The Morgan fingerprint density at radius 2 is 1.91 bits per heavy atom. The summed E-state index contributed by atoms with van der Waals surface area (Å²) < 4.78 is 0. The van der Waals surface area contributed by atoms with Crippen LogP contribution in [0.5, 0.6) is 5.75 Å². The zero-order valence-corrected chi connectivity index (χ0v) is 14.7. The molecule has 1 N–H and O–H groups in total. The van der Waals surface area contributed by atoms with Gasteiger partial charge in [0.05, 0.1) is 0 Å². The average Bonchev–Trinajstić information content (AvgIpc) is 2.90. The summed E-state index contributed by atoms with van der Waals surface area (Å²) in [6, 6.07) is 6.13. The monoisotopic (exact) mass is 300 g/mol. The second kappa shape index (κ2) is 5.91. The van der Waals surface area contributed by atoms with Gasteiger partial charge in [-0.3, -0.25) is 0 Å². The average molecular weight is 300 g/mol. The Labute approximate surface area is 136 Å². The first-order valence-electron chi connectivity index (χ1n) is 9.40. The Morgan fingerprint density at radius 3 is 2.68 bits per heavy atom. The van der Waals surface area contributed by atoms with Crippen molar-refractivity contribution in [2.24, 2.45) is 23.2 Å². The van der Waals surface area contributed by atoms with Crippen LogP contribution < -0.4 is 0 Å². The van der Waals surface area contributed by atoms with E-state index in [0.717, 1.165) is 30.1 Å². The molecule has 2 saturated carbocycles. The third-order valence-electron chi connectivity index (χ3n) is 6.84. The zero-order chi connectivity index (χ0) is 15.9. The van der Waals surface area contributed by atoms with Crippen LogP contribution in [0.1, 0.15) is 76.8 Å². The fourth-order valence-corrected chi connectivity index (χ4v) is 5.95. The van der Waals surface area contributed by atoms with Crippen molar-refractivity contribution in [3.63, 3.8) is 0 Å². The summed E-state index contributed by atoms with van der Waals surface area (Å²) in [5.74, 6) is 3.80. The number of fused-ring (bicyclic) bond motifs is 5. The molecule has 0 amide bonds. The van der Waals surface area contributed by atoms with E-state index >= 15 is 0 Å². The minimum absolute atomic E-state index is 0.441. The number of phenolic OH excluding ortho intramolecular Hbond substituents is 1. The van der Waals surface area contributed by atoms with Crippen molar-refractivity contribution in [3.8, 4) is 5.75 Å². The van der Waals surface area contributed by atoms with Crippen molar-refractivity contribution in [1.29, 1.82) is 0 Å². The van der Waals surface area contributed by atoms with Crippen molar-refractivity contribution >= 4 is 0 Å². The highest BCUT2D eigenvalue weighted by atomic mass is 16.3. The first-order valence-corrected chi connectivity index (χ1v) is 9.40. The topological polar surface area (TPSA) is 20.2 Å². The van der Waals surface area contributed by atoms with E-state index < -0.39 is 0 Å². The van der Waals surface area contributed by atoms with Crippen LogP contribution in [0.4, 0.5) is 0 Å². The smallest absolute Gasteiger partial charge is 0.115 e. The molecule has 0 bridgehead atoms. The standard InChI is InChI=1S/C19H26O.C2H6/c1-12-10-13-11-14(20)5-6-15(13)16-7-9-19(2)8-3-4-17(19)18(12)16;1-2/h5-6,11-12,16-18,20H,3-4,7-10H2,1-2H3;1-2H3/t12-,16-,17+,18-,19+;/m1./s1. The van der Waals surface area contributed by atoms with Gasteiger partial charge in [-0.25, -0.2) is 0 Å². The maximum Gasteiger partial charge on any atom is 0.115 e. The Bertz CT molecular complexity index is 535. The summed E-state index contributed by atoms with van der Waals surface area (Å²) in [6.07, 6.45) is 8.29. The minimum Gasteiger partial charge on any atom is -0.508 e. The van der Waals surface area contributed by atoms with Gasteiger partial charge in [0, 0.05) is 0 Å². The summed E-state index contributed by atoms with van der Waals surface area (Å²) >= 11 is 0. The van der Waals surface area contributed by atoms with Crippen molar-refractivity contribution in [1.82, 2.24) is 0 Å². The second-order valence-corrected chi connectivity index (χ2v) is 7.94. The molecule has 1 nitrogen and oxygen atoms in total. The molecular formula is C21H32O. The Morgan fingerprint density at radius 1 is 1.14 bits per heavy atom. The molecule has 0 saturated heterocycles. The SMILES string of the molecule is CC.C[C@@H]1Cc2cc(O)ccc2[C@H]2CC[C@]3(C)CCC[C@H]3[C@H]12. The molecule has 0 heterocycles. The van der Waals surface area contributed by atoms with E-state index in [9.17, 15) is 5.11 Å². The van der Waals surface area contributed by atoms with Crippen molar-refractivity contribution in [2.75, 3.05) is 0 Å². The molecule has 0 aliphatic heterocycles. The minimum atomic E-state index is 0.441. The fourth-order valence-electron chi connectivity index (χ4n) is 5.95. The number of aromatic hydroxyl groups is 1. The van der Waals surface area contributed by atoms with Crippen molar-refractivity contribution in [2.45, 2.75) is 72.1 Å². The van der Waals surface area contributed by atoms with Crippen molar-refractivity contribution in [3.05, 3.63) is 29.3 Å². The first-order chi connectivity index (χ1) is 10.6. The Balaban J connectivity index is 0.000000693. The lowest BCUT2D eigenvalue weighted by atomic mass is 9.53. The van der Waals surface area contributed by atoms with Gasteiger partial charge in [-0.1, -0.05) is 40.2 Å². The number of rotatable bonds is 0. The molecule has 1 heteroatoms. The summed E-state index contributed by atoms with van der Waals surface area (Å²) in [6.45, 7) is 9.01. The highest BCUT2D eigenvalue weighted by Crippen LogP contribution is 2.62. The highest BCUT2D eigenvalue weighted by molar-refractivity contribution is 5.40. The zero-order valence-electron chi connectivity index (χ0n) is 14.7. The molecule has 3 aliphatic carbocycles. The third-order valence-corrected chi connectivity index (χ3v) is 6.84. The van der Waals surface area contributed by atoms with Crippen LogP contribution in [0.3, 0.4) is 0 Å². The predicted octanol–water partition coefficient (Wildman–Crippen LogP) is 5.91. The van der Waals surface area contributed by atoms with E-state index in [4.69, 9.17) is 0 Å². The van der Waals surface area contributed by atoms with Gasteiger partial charge in [0.2, 0.25) is 0 Å². The van der Waals surface area contributed by atoms with E-state index in [1.54, 1.807) is 5.56 Å². The highest BCUT2D eigenvalue weighted by Gasteiger charge is 2.52. The van der Waals surface area contributed by atoms with Crippen LogP contribution in [0.2, 0.25) is 0 Å². The predicted molar refractivity (Wildman–Crippen MR) is 93.2 cm³/mol. The first kappa shape index (κ1) is 15.9. The van der Waals surface area contributed by atoms with E-state index in [2.05, 4.69) is 19.9 Å². The molecule has 5 atom stereocenters. The van der Waals surface area contributed by atoms with Crippen LogP contribution in [-0.4, -0.2) is 5.11 Å². The molecule has 0 unspecified atom stereocenters. The summed E-state index contributed by atoms with van der Waals surface area (Å²) in [5.41, 5.74) is 3.60. The summed E-state index contributed by atoms with van der Waals surface area (Å²) in [5, 5.41) is 9.76. The molecule has 122 valence electrons. The Kier molecular flexibility index (Phi) is 4.27. The summed E-state index contributed by atoms with van der Waals surface area (Å²) in [4.78, 5) is 0. The van der Waals surface area contributed by atoms with Gasteiger partial charge >= 0.3 is 0 Å². The van der Waals surface area contributed by atoms with Gasteiger partial charge in [0.1, 0.15) is 5.75 Å². The third kappa shape index (κ3) is 2.37. The lowest BCUT2D eigenvalue weighted by molar-refractivity contribution is 0.0314. The van der Waals surface area contributed by atoms with Crippen LogP contribution in [0.15, 0.2) is 18.2 Å². The van der Waals surface area contributed by atoms with E-state index in [1.165, 1.54) is 37.7 Å². The van der Waals surface area contributed by atoms with Gasteiger partial charge in [0.15, 0.2) is 0 Å². The maximum atomic E-state index is 9.76. The van der Waals surface area contributed by atoms with Gasteiger partial charge in [-0.05, 0) is 84.5 Å². The molecular weight excluding hydrogens is 268 g/mol. The van der Waals surface area contributed by atoms with Crippen LogP contribution in [0, 0.1) is 23.2 Å². The number of benzene rings is 1. The quantitative estimate of drug-likeness (QED) is 0.631. The largest absolute Gasteiger partial charge is 0.508 e. The number of hydrogen-bond acceptors (Lipinski definition) is 1. The van der Waals surface area contributed by atoms with Crippen LogP contribution in [0.25, 0.3) is 0 Å². The van der Waals surface area contributed by atoms with Gasteiger partial charge in [-0.15, -0.1) is 0 Å². The number of phenols is 1. The fraction of sp³-hybridized carbons (Fsp3) is 0.714. The van der Waals surface area contributed by atoms with E-state index in [1.807, 2.05) is 26.0 Å². The summed E-state index contributed by atoms with van der Waals surface area (Å²) in [7, 11) is 0. The van der Waals surface area contributed by atoms with E-state index in [0.29, 0.717) is 11.2 Å². The lowest BCUT2D eigenvalue weighted by Crippen LogP contribution is -2.43. The van der Waals surface area contributed by atoms with Crippen molar-refractivity contribution < 1.29 is 5.11 Å². The number of hydrogen-bond donors (Lipinski definition) is 1. The molecule has 1 aromatic rings. The molecule has 2 fully saturated rings. The maximum absolute atomic E-state index is 9.76. The lowest BCUT2D eigenvalue weighted by Gasteiger charge is -2.51.